The molecule has 0 aromatic heterocycles. The highest BCUT2D eigenvalue weighted by atomic mass is 16.5. The second kappa shape index (κ2) is 13.2. The molecule has 0 aliphatic carbocycles. The molecule has 3 aromatic carbocycles. The fraction of sp³-hybridized carbons (Fsp3) is 0.394. The lowest BCUT2D eigenvalue weighted by Gasteiger charge is -2.44. The van der Waals surface area contributed by atoms with E-state index in [0.717, 1.165) is 25.2 Å². The molecule has 2 amide bonds. The summed E-state index contributed by atoms with van der Waals surface area (Å²) < 4.78 is 22.1. The van der Waals surface area contributed by atoms with Crippen molar-refractivity contribution in [3.8, 4) is 23.0 Å². The van der Waals surface area contributed by atoms with Crippen molar-refractivity contribution in [1.82, 2.24) is 9.80 Å². The molecule has 2 saturated heterocycles. The second-order valence-corrected chi connectivity index (χ2v) is 10.6. The van der Waals surface area contributed by atoms with Crippen LogP contribution in [-0.2, 0) is 16.1 Å². The summed E-state index contributed by atoms with van der Waals surface area (Å²) in [6.45, 7) is 3.77. The van der Waals surface area contributed by atoms with Gasteiger partial charge in [0.1, 0.15) is 5.75 Å². The summed E-state index contributed by atoms with van der Waals surface area (Å²) in [6, 6.07) is 21.0. The van der Waals surface area contributed by atoms with E-state index in [1.807, 2.05) is 35.2 Å². The Morgan fingerprint density at radius 3 is 2.02 bits per heavy atom. The summed E-state index contributed by atoms with van der Waals surface area (Å²) >= 11 is 0. The van der Waals surface area contributed by atoms with E-state index in [9.17, 15) is 9.59 Å². The molecule has 0 radical (unpaired) electrons. The summed E-state index contributed by atoms with van der Waals surface area (Å²) in [5.74, 6) is 1.61. The number of piperazine rings is 1. The van der Waals surface area contributed by atoms with Gasteiger partial charge in [-0.1, -0.05) is 42.5 Å². The van der Waals surface area contributed by atoms with Gasteiger partial charge < -0.3 is 28.7 Å². The van der Waals surface area contributed by atoms with Crippen LogP contribution in [0.2, 0.25) is 0 Å². The number of hydrogen-bond acceptors (Lipinski definition) is 7. The Bertz CT molecular complexity index is 1350. The van der Waals surface area contributed by atoms with Crippen LogP contribution in [0.4, 0.5) is 5.69 Å². The number of carbonyl (C=O) groups excluding carboxylic acids is 2. The predicted octanol–water partition coefficient (Wildman–Crippen LogP) is 4.55. The molecular weight excluding hydrogens is 534 g/mol. The molecule has 0 N–H and O–H groups in total. The molecule has 9 nitrogen and oxygen atoms in total. The SMILES string of the molecule is COc1ccc([C@H]2[C@@H](C(=O)N3CCN(Cc4ccccc4)CC3)CCC(=O)N2c2cc(OC)c(OC)c(OC)c2)cc1. The Hall–Kier alpha value is -4.24. The van der Waals surface area contributed by atoms with Gasteiger partial charge in [0.2, 0.25) is 17.6 Å². The van der Waals surface area contributed by atoms with Crippen molar-refractivity contribution in [3.05, 3.63) is 77.9 Å². The largest absolute Gasteiger partial charge is 0.497 e. The van der Waals surface area contributed by atoms with Crippen molar-refractivity contribution in [3.63, 3.8) is 0 Å². The van der Waals surface area contributed by atoms with Crippen LogP contribution in [0.3, 0.4) is 0 Å². The number of ether oxygens (including phenoxy) is 4. The minimum atomic E-state index is -0.519. The Kier molecular flexibility index (Phi) is 9.17. The van der Waals surface area contributed by atoms with E-state index in [-0.39, 0.29) is 18.2 Å². The maximum absolute atomic E-state index is 14.2. The molecule has 0 unspecified atom stereocenters. The summed E-state index contributed by atoms with van der Waals surface area (Å²) in [5, 5.41) is 0. The molecule has 5 rings (SSSR count). The van der Waals surface area contributed by atoms with Gasteiger partial charge in [0.15, 0.2) is 11.5 Å². The lowest BCUT2D eigenvalue weighted by molar-refractivity contribution is -0.140. The first-order chi connectivity index (χ1) is 20.5. The van der Waals surface area contributed by atoms with Gasteiger partial charge in [0.05, 0.1) is 46.1 Å². The molecule has 42 heavy (non-hydrogen) atoms. The molecule has 222 valence electrons. The van der Waals surface area contributed by atoms with Crippen LogP contribution >= 0.6 is 0 Å². The topological polar surface area (TPSA) is 80.8 Å². The van der Waals surface area contributed by atoms with Crippen LogP contribution in [0.1, 0.15) is 30.0 Å². The Balaban J connectivity index is 1.46. The van der Waals surface area contributed by atoms with E-state index in [4.69, 9.17) is 18.9 Å². The highest BCUT2D eigenvalue weighted by Gasteiger charge is 2.43. The number of anilines is 1. The number of carbonyl (C=O) groups is 2. The van der Waals surface area contributed by atoms with Gasteiger partial charge in [-0.05, 0) is 29.7 Å². The maximum Gasteiger partial charge on any atom is 0.228 e. The van der Waals surface area contributed by atoms with Crippen LogP contribution in [0, 0.1) is 5.92 Å². The number of nitrogens with zero attached hydrogens (tertiary/aromatic N) is 3. The van der Waals surface area contributed by atoms with Gasteiger partial charge in [0.25, 0.3) is 0 Å². The van der Waals surface area contributed by atoms with Gasteiger partial charge in [-0.15, -0.1) is 0 Å². The average Bonchev–Trinajstić information content (AvgIpc) is 3.04. The molecule has 2 fully saturated rings. The number of piperidine rings is 1. The molecule has 9 heteroatoms. The molecule has 0 saturated carbocycles. The first kappa shape index (κ1) is 29.3. The van der Waals surface area contributed by atoms with Crippen molar-refractivity contribution >= 4 is 17.5 Å². The summed E-state index contributed by atoms with van der Waals surface area (Å²) in [5.41, 5.74) is 2.71. The molecule has 0 spiro atoms. The quantitative estimate of drug-likeness (QED) is 0.372. The number of hydrogen-bond donors (Lipinski definition) is 0. The van der Waals surface area contributed by atoms with Crippen LogP contribution in [0.5, 0.6) is 23.0 Å². The van der Waals surface area contributed by atoms with Crippen molar-refractivity contribution < 1.29 is 28.5 Å². The molecule has 3 aromatic rings. The molecule has 2 heterocycles. The average molecular weight is 574 g/mol. The van der Waals surface area contributed by atoms with Crippen LogP contribution in [-0.4, -0.2) is 76.2 Å². The normalized spacial score (nSPS) is 19.4. The maximum atomic E-state index is 14.2. The highest BCUT2D eigenvalue weighted by Crippen LogP contribution is 2.46. The van der Waals surface area contributed by atoms with Gasteiger partial charge >= 0.3 is 0 Å². The molecular formula is C33H39N3O6. The van der Waals surface area contributed by atoms with Gasteiger partial charge in [-0.2, -0.15) is 0 Å². The van der Waals surface area contributed by atoms with E-state index in [2.05, 4.69) is 29.2 Å². The highest BCUT2D eigenvalue weighted by molar-refractivity contribution is 5.98. The third kappa shape index (κ3) is 6.01. The summed E-state index contributed by atoms with van der Waals surface area (Å²) in [6.07, 6.45) is 0.729. The van der Waals surface area contributed by atoms with Crippen LogP contribution < -0.4 is 23.8 Å². The molecule has 2 atom stereocenters. The van der Waals surface area contributed by atoms with Crippen LogP contribution in [0.25, 0.3) is 0 Å². The molecule has 2 aliphatic rings. The summed E-state index contributed by atoms with van der Waals surface area (Å²) in [4.78, 5) is 34.0. The lowest BCUT2D eigenvalue weighted by atomic mass is 9.82. The fourth-order valence-corrected chi connectivity index (χ4v) is 6.05. The monoisotopic (exact) mass is 573 g/mol. The Labute approximate surface area is 247 Å². The van der Waals surface area contributed by atoms with E-state index >= 15 is 0 Å². The van der Waals surface area contributed by atoms with E-state index in [1.54, 1.807) is 45.5 Å². The smallest absolute Gasteiger partial charge is 0.228 e. The van der Waals surface area contributed by atoms with Gasteiger partial charge in [-0.3, -0.25) is 14.5 Å². The predicted molar refractivity (Wildman–Crippen MR) is 160 cm³/mol. The van der Waals surface area contributed by atoms with E-state index < -0.39 is 12.0 Å². The summed E-state index contributed by atoms with van der Waals surface area (Å²) in [7, 11) is 6.25. The number of amides is 2. The third-order valence-corrected chi connectivity index (χ3v) is 8.23. The zero-order valence-corrected chi connectivity index (χ0v) is 24.7. The number of rotatable bonds is 9. The Morgan fingerprint density at radius 2 is 1.45 bits per heavy atom. The first-order valence-electron chi connectivity index (χ1n) is 14.3. The standard InChI is InChI=1S/C33H39N3O6/c1-39-26-12-10-24(11-13-26)31-27(33(38)35-18-16-34(17-19-35)22-23-8-6-5-7-9-23)14-15-30(37)36(31)25-20-28(40-2)32(42-4)29(21-25)41-3/h5-13,20-21,27,31H,14-19,22H2,1-4H3/t27-,31-/m0/s1. The van der Waals surface area contributed by atoms with E-state index in [0.29, 0.717) is 48.2 Å². The van der Waals surface area contributed by atoms with Crippen molar-refractivity contribution in [2.45, 2.75) is 25.4 Å². The number of methoxy groups -OCH3 is 4. The number of benzene rings is 3. The fourth-order valence-electron chi connectivity index (χ4n) is 6.05. The van der Waals surface area contributed by atoms with Crippen molar-refractivity contribution in [1.29, 1.82) is 0 Å². The van der Waals surface area contributed by atoms with Crippen molar-refractivity contribution in [2.75, 3.05) is 59.5 Å². The molecule has 2 aliphatic heterocycles. The minimum Gasteiger partial charge on any atom is -0.497 e. The van der Waals surface area contributed by atoms with Gasteiger partial charge in [-0.25, -0.2) is 0 Å². The molecule has 0 bridgehead atoms. The zero-order valence-electron chi connectivity index (χ0n) is 24.7. The van der Waals surface area contributed by atoms with Crippen LogP contribution in [0.15, 0.2) is 66.7 Å². The Morgan fingerprint density at radius 1 is 0.810 bits per heavy atom. The second-order valence-electron chi connectivity index (χ2n) is 10.6. The first-order valence-corrected chi connectivity index (χ1v) is 14.3. The third-order valence-electron chi connectivity index (χ3n) is 8.23. The minimum absolute atomic E-state index is 0.0678. The zero-order chi connectivity index (χ0) is 29.6. The van der Waals surface area contributed by atoms with E-state index in [1.165, 1.54) is 5.56 Å². The van der Waals surface area contributed by atoms with Gasteiger partial charge in [0, 0.05) is 51.3 Å². The lowest BCUT2D eigenvalue weighted by Crippen LogP contribution is -2.54. The van der Waals surface area contributed by atoms with Crippen molar-refractivity contribution in [2.24, 2.45) is 5.92 Å².